The van der Waals surface area contributed by atoms with E-state index in [0.29, 0.717) is 18.3 Å². The van der Waals surface area contributed by atoms with Gasteiger partial charge in [-0.2, -0.15) is 0 Å². The van der Waals surface area contributed by atoms with Crippen LogP contribution in [0.15, 0.2) is 24.3 Å². The van der Waals surface area contributed by atoms with E-state index < -0.39 is 0 Å². The standard InChI is InChI=1S/C18H28N2O3/c1-3-12-22-16-4-6-17(7-5-16)23-13-18(21)20-10-8-15(9-11-20)14(2)19/h4-7,14-15H,3,8-13,19H2,1-2H3. The summed E-state index contributed by atoms with van der Waals surface area (Å²) in [6, 6.07) is 7.60. The lowest BCUT2D eigenvalue weighted by Crippen LogP contribution is -2.44. The van der Waals surface area contributed by atoms with Crippen molar-refractivity contribution in [3.05, 3.63) is 24.3 Å². The first-order chi connectivity index (χ1) is 11.1. The van der Waals surface area contributed by atoms with Crippen LogP contribution in [0.2, 0.25) is 0 Å². The van der Waals surface area contributed by atoms with Gasteiger partial charge in [-0.15, -0.1) is 0 Å². The van der Waals surface area contributed by atoms with Crippen LogP contribution in [0.1, 0.15) is 33.1 Å². The van der Waals surface area contributed by atoms with Gasteiger partial charge < -0.3 is 20.1 Å². The van der Waals surface area contributed by atoms with Crippen LogP contribution in [0.4, 0.5) is 0 Å². The molecule has 1 fully saturated rings. The Bertz CT molecular complexity index is 480. The van der Waals surface area contributed by atoms with Gasteiger partial charge in [0.1, 0.15) is 11.5 Å². The maximum absolute atomic E-state index is 12.2. The van der Waals surface area contributed by atoms with Crippen LogP contribution in [0.5, 0.6) is 11.5 Å². The number of nitrogens with two attached hydrogens (primary N) is 1. The second-order valence-corrected chi connectivity index (χ2v) is 6.19. The molecule has 0 aliphatic carbocycles. The molecule has 0 spiro atoms. The zero-order valence-corrected chi connectivity index (χ0v) is 14.2. The molecule has 1 aromatic carbocycles. The zero-order chi connectivity index (χ0) is 16.7. The molecular weight excluding hydrogens is 292 g/mol. The van der Waals surface area contributed by atoms with Crippen LogP contribution in [0.25, 0.3) is 0 Å². The molecule has 128 valence electrons. The lowest BCUT2D eigenvalue weighted by Gasteiger charge is -2.33. The number of hydrogen-bond donors (Lipinski definition) is 1. The van der Waals surface area contributed by atoms with Crippen molar-refractivity contribution in [1.82, 2.24) is 4.90 Å². The van der Waals surface area contributed by atoms with Gasteiger partial charge >= 0.3 is 0 Å². The molecule has 0 saturated carbocycles. The van der Waals surface area contributed by atoms with E-state index in [1.54, 1.807) is 0 Å². The lowest BCUT2D eigenvalue weighted by atomic mass is 9.91. The maximum atomic E-state index is 12.2. The van der Waals surface area contributed by atoms with Crippen molar-refractivity contribution in [2.24, 2.45) is 11.7 Å². The van der Waals surface area contributed by atoms with Crippen molar-refractivity contribution in [3.8, 4) is 11.5 Å². The lowest BCUT2D eigenvalue weighted by molar-refractivity contribution is -0.134. The van der Waals surface area contributed by atoms with Crippen molar-refractivity contribution in [2.75, 3.05) is 26.3 Å². The molecule has 1 unspecified atom stereocenters. The molecular formula is C18H28N2O3. The van der Waals surface area contributed by atoms with Gasteiger partial charge in [0.25, 0.3) is 5.91 Å². The SMILES string of the molecule is CCCOc1ccc(OCC(=O)N2CCC(C(C)N)CC2)cc1. The van der Waals surface area contributed by atoms with Crippen molar-refractivity contribution < 1.29 is 14.3 Å². The summed E-state index contributed by atoms with van der Waals surface area (Å²) in [6.07, 6.45) is 2.94. The quantitative estimate of drug-likeness (QED) is 0.838. The van der Waals surface area contributed by atoms with Crippen LogP contribution in [-0.2, 0) is 4.79 Å². The fraction of sp³-hybridized carbons (Fsp3) is 0.611. The average molecular weight is 320 g/mol. The molecule has 23 heavy (non-hydrogen) atoms. The van der Waals surface area contributed by atoms with E-state index in [4.69, 9.17) is 15.2 Å². The highest BCUT2D eigenvalue weighted by atomic mass is 16.5. The summed E-state index contributed by atoms with van der Waals surface area (Å²) in [6.45, 7) is 6.45. The van der Waals surface area contributed by atoms with Gasteiger partial charge in [-0.05, 0) is 56.4 Å². The summed E-state index contributed by atoms with van der Waals surface area (Å²) in [5.74, 6) is 2.08. The molecule has 0 aromatic heterocycles. The van der Waals surface area contributed by atoms with Crippen LogP contribution in [0, 0.1) is 5.92 Å². The number of carbonyl (C=O) groups is 1. The molecule has 2 N–H and O–H groups in total. The first-order valence-electron chi connectivity index (χ1n) is 8.49. The number of ether oxygens (including phenoxy) is 2. The van der Waals surface area contributed by atoms with Gasteiger partial charge in [0, 0.05) is 19.1 Å². The van der Waals surface area contributed by atoms with Crippen molar-refractivity contribution in [2.45, 2.75) is 39.2 Å². The van der Waals surface area contributed by atoms with E-state index in [0.717, 1.165) is 38.1 Å². The molecule has 1 aliphatic heterocycles. The predicted octanol–water partition coefficient (Wildman–Crippen LogP) is 2.44. The smallest absolute Gasteiger partial charge is 0.260 e. The monoisotopic (exact) mass is 320 g/mol. The van der Waals surface area contributed by atoms with Gasteiger partial charge in [0.15, 0.2) is 6.61 Å². The highest BCUT2D eigenvalue weighted by molar-refractivity contribution is 5.77. The second-order valence-electron chi connectivity index (χ2n) is 6.19. The van der Waals surface area contributed by atoms with Crippen LogP contribution < -0.4 is 15.2 Å². The summed E-state index contributed by atoms with van der Waals surface area (Å²) in [5, 5.41) is 0. The van der Waals surface area contributed by atoms with E-state index in [9.17, 15) is 4.79 Å². The van der Waals surface area contributed by atoms with Gasteiger partial charge in [-0.1, -0.05) is 6.92 Å². The Labute approximate surface area is 138 Å². The fourth-order valence-electron chi connectivity index (χ4n) is 2.76. The Morgan fingerprint density at radius 2 is 1.78 bits per heavy atom. The molecule has 2 rings (SSSR count). The van der Waals surface area contributed by atoms with Crippen LogP contribution in [0.3, 0.4) is 0 Å². The predicted molar refractivity (Wildman–Crippen MR) is 90.7 cm³/mol. The second kappa shape index (κ2) is 8.77. The number of carbonyl (C=O) groups excluding carboxylic acids is 1. The van der Waals surface area contributed by atoms with Crippen LogP contribution >= 0.6 is 0 Å². The molecule has 1 amide bonds. The minimum absolute atomic E-state index is 0.0411. The summed E-state index contributed by atoms with van der Waals surface area (Å²) >= 11 is 0. The van der Waals surface area contributed by atoms with Gasteiger partial charge in [0.2, 0.25) is 0 Å². The fourth-order valence-corrected chi connectivity index (χ4v) is 2.76. The number of piperidine rings is 1. The molecule has 1 aliphatic rings. The summed E-state index contributed by atoms with van der Waals surface area (Å²) in [7, 11) is 0. The van der Waals surface area contributed by atoms with E-state index in [-0.39, 0.29) is 18.6 Å². The Hall–Kier alpha value is -1.75. The van der Waals surface area contributed by atoms with Crippen molar-refractivity contribution >= 4 is 5.91 Å². The Morgan fingerprint density at radius 3 is 2.30 bits per heavy atom. The highest BCUT2D eigenvalue weighted by Crippen LogP contribution is 2.20. The normalized spacial score (nSPS) is 16.9. The molecule has 0 radical (unpaired) electrons. The molecule has 1 saturated heterocycles. The molecule has 1 heterocycles. The number of likely N-dealkylation sites (tertiary alicyclic amines) is 1. The number of rotatable bonds is 7. The Morgan fingerprint density at radius 1 is 1.22 bits per heavy atom. The van der Waals surface area contributed by atoms with E-state index >= 15 is 0 Å². The van der Waals surface area contributed by atoms with Crippen molar-refractivity contribution in [1.29, 1.82) is 0 Å². The average Bonchev–Trinajstić information content (AvgIpc) is 2.58. The van der Waals surface area contributed by atoms with Crippen LogP contribution in [-0.4, -0.2) is 43.2 Å². The van der Waals surface area contributed by atoms with Gasteiger partial charge in [-0.25, -0.2) is 0 Å². The van der Waals surface area contributed by atoms with Gasteiger partial charge in [-0.3, -0.25) is 4.79 Å². The number of benzene rings is 1. The number of nitrogens with zero attached hydrogens (tertiary/aromatic N) is 1. The first-order valence-corrected chi connectivity index (χ1v) is 8.49. The third-order valence-corrected chi connectivity index (χ3v) is 4.29. The number of amides is 1. The van der Waals surface area contributed by atoms with E-state index in [2.05, 4.69) is 6.92 Å². The number of hydrogen-bond acceptors (Lipinski definition) is 4. The minimum Gasteiger partial charge on any atom is -0.494 e. The molecule has 5 heteroatoms. The van der Waals surface area contributed by atoms with Crippen molar-refractivity contribution in [3.63, 3.8) is 0 Å². The molecule has 1 aromatic rings. The Balaban J connectivity index is 1.74. The molecule has 1 atom stereocenters. The summed E-state index contributed by atoms with van der Waals surface area (Å²) < 4.78 is 11.1. The topological polar surface area (TPSA) is 64.8 Å². The van der Waals surface area contributed by atoms with Gasteiger partial charge in [0.05, 0.1) is 6.61 Å². The van der Waals surface area contributed by atoms with E-state index in [1.165, 1.54) is 0 Å². The first kappa shape index (κ1) is 17.6. The maximum Gasteiger partial charge on any atom is 0.260 e. The third kappa shape index (κ3) is 5.43. The summed E-state index contributed by atoms with van der Waals surface area (Å²) in [5.41, 5.74) is 5.93. The molecule has 0 bridgehead atoms. The zero-order valence-electron chi connectivity index (χ0n) is 14.2. The largest absolute Gasteiger partial charge is 0.494 e. The Kier molecular flexibility index (Phi) is 6.71. The third-order valence-electron chi connectivity index (χ3n) is 4.29. The minimum atomic E-state index is 0.0411. The molecule has 5 nitrogen and oxygen atoms in total. The highest BCUT2D eigenvalue weighted by Gasteiger charge is 2.24. The summed E-state index contributed by atoms with van der Waals surface area (Å²) in [4.78, 5) is 14.1. The van der Waals surface area contributed by atoms with E-state index in [1.807, 2.05) is 36.1 Å².